The number of nitrogens with one attached hydrogen (secondary N) is 1. The summed E-state index contributed by atoms with van der Waals surface area (Å²) in [6, 6.07) is -1.02. The number of allylic oxidation sites excluding steroid dienone is 27. The molecular weight excluding hydrogens is 1390 g/mol. The van der Waals surface area contributed by atoms with Gasteiger partial charge in [0, 0.05) is 6.42 Å². The molecule has 1 amide bonds. The molecule has 0 spiro atoms. The van der Waals surface area contributed by atoms with E-state index in [1.807, 2.05) is 6.08 Å². The van der Waals surface area contributed by atoms with E-state index in [2.05, 4.69) is 177 Å². The number of hydrogen-bond acceptors (Lipinski definition) is 18. The number of carbonyl (C=O) groups is 1. The van der Waals surface area contributed by atoms with Crippen molar-refractivity contribution in [2.45, 2.75) is 369 Å². The average Bonchev–Trinajstić information content (AvgIpc) is 0.782. The molecule has 0 aliphatic carbocycles. The molecule has 0 saturated carbocycles. The number of aliphatic hydroxyl groups is 11. The van der Waals surface area contributed by atoms with E-state index >= 15 is 0 Å². The Hall–Kier alpha value is -4.85. The van der Waals surface area contributed by atoms with Gasteiger partial charge in [0.1, 0.15) is 73.2 Å². The summed E-state index contributed by atoms with van der Waals surface area (Å²) in [7, 11) is 0. The van der Waals surface area contributed by atoms with Crippen molar-refractivity contribution in [3.8, 4) is 0 Å². The van der Waals surface area contributed by atoms with Crippen LogP contribution in [0.1, 0.15) is 264 Å². The monoisotopic (exact) mass is 1540 g/mol. The molecule has 3 rings (SSSR count). The summed E-state index contributed by atoms with van der Waals surface area (Å²) in [6.07, 6.45) is 76.2. The molecule has 0 aromatic heterocycles. The Morgan fingerprint density at radius 1 is 0.336 bits per heavy atom. The van der Waals surface area contributed by atoms with Gasteiger partial charge in [-0.2, -0.15) is 0 Å². The quantitative estimate of drug-likeness (QED) is 0.0199. The lowest BCUT2D eigenvalue weighted by atomic mass is 9.96. The highest BCUT2D eigenvalue weighted by molar-refractivity contribution is 5.76. The second-order valence-electron chi connectivity index (χ2n) is 29.2. The van der Waals surface area contributed by atoms with Crippen LogP contribution in [0.15, 0.2) is 170 Å². The molecule has 0 radical (unpaired) electrons. The minimum Gasteiger partial charge on any atom is -0.394 e. The largest absolute Gasteiger partial charge is 0.394 e. The lowest BCUT2D eigenvalue weighted by molar-refractivity contribution is -0.379. The summed E-state index contributed by atoms with van der Waals surface area (Å²) in [5.74, 6) is -0.315. The van der Waals surface area contributed by atoms with Crippen molar-refractivity contribution in [2.75, 3.05) is 26.4 Å². The highest BCUT2D eigenvalue weighted by atomic mass is 16.8. The summed E-state index contributed by atoms with van der Waals surface area (Å²) in [6.45, 7) is 1.59. The maximum Gasteiger partial charge on any atom is 0.220 e. The average molecular weight is 1550 g/mol. The molecule has 0 bridgehead atoms. The molecule has 0 aromatic carbocycles. The summed E-state index contributed by atoms with van der Waals surface area (Å²) in [4.78, 5) is 13.5. The zero-order valence-corrected chi connectivity index (χ0v) is 67.2. The first-order valence-corrected chi connectivity index (χ1v) is 42.4. The second kappa shape index (κ2) is 68.5. The number of hydrogen-bond donors (Lipinski definition) is 12. The maximum atomic E-state index is 13.5. The van der Waals surface area contributed by atoms with Gasteiger partial charge in [-0.05, 0) is 122 Å². The number of rotatable bonds is 65. The van der Waals surface area contributed by atoms with Crippen LogP contribution in [-0.4, -0.2) is 193 Å². The van der Waals surface area contributed by atoms with Gasteiger partial charge in [0.2, 0.25) is 5.91 Å². The molecule has 19 nitrogen and oxygen atoms in total. The van der Waals surface area contributed by atoms with Crippen molar-refractivity contribution >= 4 is 5.91 Å². The first-order chi connectivity index (χ1) is 53.8. The van der Waals surface area contributed by atoms with Crippen molar-refractivity contribution in [1.82, 2.24) is 5.32 Å². The highest BCUT2D eigenvalue weighted by Gasteiger charge is 2.54. The number of aliphatic hydroxyl groups excluding tert-OH is 11. The summed E-state index contributed by atoms with van der Waals surface area (Å²) in [5.41, 5.74) is 0. The lowest BCUT2D eigenvalue weighted by Crippen LogP contribution is -2.66. The molecule has 3 fully saturated rings. The first-order valence-electron chi connectivity index (χ1n) is 42.4. The number of ether oxygens (including phenoxy) is 6. The Kier molecular flexibility index (Phi) is 61.9. The Morgan fingerprint density at radius 3 is 1.02 bits per heavy atom. The van der Waals surface area contributed by atoms with Crippen molar-refractivity contribution in [3.05, 3.63) is 170 Å². The predicted molar refractivity (Wildman–Crippen MR) is 442 cm³/mol. The minimum atomic E-state index is -1.99. The van der Waals surface area contributed by atoms with Crippen molar-refractivity contribution in [3.63, 3.8) is 0 Å². The zero-order valence-electron chi connectivity index (χ0n) is 67.2. The van der Waals surface area contributed by atoms with Gasteiger partial charge in [0.15, 0.2) is 18.9 Å². The molecule has 0 aromatic rings. The summed E-state index contributed by atoms with van der Waals surface area (Å²) < 4.78 is 34.4. The van der Waals surface area contributed by atoms with E-state index in [0.717, 1.165) is 122 Å². The topological polar surface area (TPSA) is 307 Å². The van der Waals surface area contributed by atoms with E-state index in [0.29, 0.717) is 12.8 Å². The third kappa shape index (κ3) is 47.1. The van der Waals surface area contributed by atoms with Crippen molar-refractivity contribution < 1.29 is 89.4 Å². The Morgan fingerprint density at radius 2 is 0.636 bits per heavy atom. The predicted octanol–water partition coefficient (Wildman–Crippen LogP) is 15.3. The van der Waals surface area contributed by atoms with E-state index in [1.54, 1.807) is 6.08 Å². The van der Waals surface area contributed by atoms with Crippen LogP contribution < -0.4 is 5.32 Å². The fraction of sp³-hybridized carbons (Fsp3) is 0.681. The van der Waals surface area contributed by atoms with Crippen LogP contribution in [0.4, 0.5) is 0 Å². The van der Waals surface area contributed by atoms with E-state index in [-0.39, 0.29) is 18.9 Å². The second-order valence-corrected chi connectivity index (χ2v) is 29.2. The van der Waals surface area contributed by atoms with Gasteiger partial charge in [-0.25, -0.2) is 0 Å². The third-order valence-corrected chi connectivity index (χ3v) is 19.7. The summed E-state index contributed by atoms with van der Waals surface area (Å²) in [5, 5.41) is 121. The fourth-order valence-corrected chi connectivity index (χ4v) is 13.0. The lowest BCUT2D eigenvalue weighted by Gasteiger charge is -2.48. The third-order valence-electron chi connectivity index (χ3n) is 19.7. The maximum absolute atomic E-state index is 13.5. The highest BCUT2D eigenvalue weighted by Crippen LogP contribution is 2.33. The molecule has 3 heterocycles. The molecule has 3 aliphatic heterocycles. The minimum absolute atomic E-state index is 0.195. The Bertz CT molecular complexity index is 2660. The van der Waals surface area contributed by atoms with Gasteiger partial charge in [-0.3, -0.25) is 4.79 Å². The Balaban J connectivity index is 1.37. The van der Waals surface area contributed by atoms with Crippen molar-refractivity contribution in [2.24, 2.45) is 0 Å². The molecule has 110 heavy (non-hydrogen) atoms. The van der Waals surface area contributed by atoms with Gasteiger partial charge in [-0.1, -0.05) is 306 Å². The van der Waals surface area contributed by atoms with Crippen LogP contribution >= 0.6 is 0 Å². The van der Waals surface area contributed by atoms with Gasteiger partial charge < -0.3 is 89.9 Å². The normalized spacial score (nSPS) is 26.1. The van der Waals surface area contributed by atoms with Crippen LogP contribution in [0.2, 0.25) is 0 Å². The van der Waals surface area contributed by atoms with Crippen LogP contribution in [0.5, 0.6) is 0 Å². The van der Waals surface area contributed by atoms with E-state index in [4.69, 9.17) is 28.4 Å². The molecule has 17 unspecified atom stereocenters. The number of carbonyl (C=O) groups excluding carboxylic acids is 1. The molecule has 3 saturated heterocycles. The molecule has 626 valence electrons. The molecule has 3 aliphatic rings. The van der Waals surface area contributed by atoms with Crippen LogP contribution in [0.3, 0.4) is 0 Å². The van der Waals surface area contributed by atoms with Crippen LogP contribution in [-0.2, 0) is 33.2 Å². The summed E-state index contributed by atoms with van der Waals surface area (Å²) >= 11 is 0. The van der Waals surface area contributed by atoms with Crippen molar-refractivity contribution in [1.29, 1.82) is 0 Å². The van der Waals surface area contributed by atoms with E-state index in [1.165, 1.54) is 109 Å². The standard InChI is InChI=1S/C91H149NO18/c1-3-5-7-9-11-13-15-17-19-21-23-25-27-29-30-31-32-33-34-35-36-37-38-39-40-41-42-43-44-45-47-49-51-53-55-57-59-61-63-65-67-69-79(97)92-74(75(96)68-66-64-62-60-58-56-54-52-50-48-46-28-26-24-22-20-18-16-14-12-10-8-6-4-2)73-105-89-85(103)82(100)87(77(71-94)107-89)110-91-86(104)83(101)88(78(72-95)108-91)109-90-84(102)81(99)80(98)76(70-93)106-90/h5,7,11,13,17,19,23,25,29-30,32-33,35-36,38-39,41-42,44-45,49,51,55,57-58,60,66,68,74-78,80-91,93-96,98-104H,3-4,6,8-10,12,14-16,18,20-22,24,26-28,31,34,37,40,43,46-48,50,52-54,56,59,61-65,67,69-73H2,1-2H3,(H,92,97)/b7-5-,13-11-,19-17-,25-23-,30-29-,33-32-,36-35-,39-38-,42-41-,45-44-,51-49-,57-55-,60-58+,68-66+. The van der Waals surface area contributed by atoms with E-state index in [9.17, 15) is 61.0 Å². The SMILES string of the molecule is CC/C=C\C/C=C\C/C=C\C/C=C\C/C=C\C/C=C\C/C=C\C/C=C\C/C=C\C/C=C\C/C=C\C/C=C\CCCCCCC(=O)NC(COC1OC(CO)C(OC2OC(CO)C(OC3OC(CO)C(O)C(O)C3O)C(O)C2O)C(O)C1O)C(O)/C=C/CC/C=C/CCCCCCCCCCCCCCCCCCCC. The molecular formula is C91H149NO18. The molecule has 19 heteroatoms. The smallest absolute Gasteiger partial charge is 0.220 e. The van der Waals surface area contributed by atoms with Crippen LogP contribution in [0, 0.1) is 0 Å². The van der Waals surface area contributed by atoms with Gasteiger partial charge in [0.25, 0.3) is 0 Å². The first kappa shape index (κ1) is 99.3. The van der Waals surface area contributed by atoms with E-state index < -0.39 is 124 Å². The zero-order chi connectivity index (χ0) is 79.5. The van der Waals surface area contributed by atoms with Crippen LogP contribution in [0.25, 0.3) is 0 Å². The number of unbranched alkanes of at least 4 members (excludes halogenated alkanes) is 23. The fourth-order valence-electron chi connectivity index (χ4n) is 13.0. The number of amides is 1. The molecule has 17 atom stereocenters. The molecule has 12 N–H and O–H groups in total. The van der Waals surface area contributed by atoms with Gasteiger partial charge in [0.05, 0.1) is 38.6 Å². The van der Waals surface area contributed by atoms with Gasteiger partial charge in [-0.15, -0.1) is 0 Å². The van der Waals surface area contributed by atoms with Gasteiger partial charge >= 0.3 is 0 Å². The Labute approximate surface area is 662 Å².